The van der Waals surface area contributed by atoms with E-state index in [4.69, 9.17) is 4.74 Å². The molecule has 0 aliphatic carbocycles. The Kier molecular flexibility index (Phi) is 4.59. The summed E-state index contributed by atoms with van der Waals surface area (Å²) >= 11 is 0. The summed E-state index contributed by atoms with van der Waals surface area (Å²) in [7, 11) is 1.69. The lowest BCUT2D eigenvalue weighted by molar-refractivity contribution is 0.414. The van der Waals surface area contributed by atoms with Crippen LogP contribution in [0.1, 0.15) is 5.56 Å². The Balaban J connectivity index is 1.77. The summed E-state index contributed by atoms with van der Waals surface area (Å²) in [5.41, 5.74) is 2.46. The van der Waals surface area contributed by atoms with Gasteiger partial charge in [-0.1, -0.05) is 30.3 Å². The quantitative estimate of drug-likeness (QED) is 0.890. The Hall–Kier alpha value is -2.49. The van der Waals surface area contributed by atoms with Crippen LogP contribution >= 0.6 is 0 Å². The van der Waals surface area contributed by atoms with Crippen molar-refractivity contribution in [2.75, 3.05) is 31.6 Å². The molecule has 0 saturated carbocycles. The van der Waals surface area contributed by atoms with Gasteiger partial charge in [-0.25, -0.2) is 0 Å². The summed E-state index contributed by atoms with van der Waals surface area (Å²) in [6.07, 6.45) is 0. The minimum atomic E-state index is 0.802. The number of amidine groups is 1. The van der Waals surface area contributed by atoms with E-state index in [2.05, 4.69) is 51.6 Å². The molecular weight excluding hydrogens is 274 g/mol. The molecule has 0 unspecified atom stereocenters. The van der Waals surface area contributed by atoms with Crippen LogP contribution in [-0.4, -0.2) is 32.6 Å². The minimum absolute atomic E-state index is 0.802. The molecule has 0 amide bonds. The SMILES string of the molecule is COc1ccc(CN(CC2=NCCN2)c2ccccc2)cc1. The van der Waals surface area contributed by atoms with Gasteiger partial charge in [-0.2, -0.15) is 0 Å². The molecule has 0 atom stereocenters. The predicted molar refractivity (Wildman–Crippen MR) is 90.8 cm³/mol. The van der Waals surface area contributed by atoms with Gasteiger partial charge in [0.15, 0.2) is 0 Å². The molecule has 0 saturated heterocycles. The topological polar surface area (TPSA) is 36.9 Å². The number of anilines is 1. The van der Waals surface area contributed by atoms with E-state index in [0.29, 0.717) is 0 Å². The van der Waals surface area contributed by atoms with Crippen molar-refractivity contribution >= 4 is 11.5 Å². The third-order valence-electron chi connectivity index (χ3n) is 3.74. The number of hydrogen-bond acceptors (Lipinski definition) is 4. The van der Waals surface area contributed by atoms with Gasteiger partial charge in [0.2, 0.25) is 0 Å². The van der Waals surface area contributed by atoms with Gasteiger partial charge in [0.1, 0.15) is 11.6 Å². The third-order valence-corrected chi connectivity index (χ3v) is 3.74. The number of benzene rings is 2. The number of nitrogens with one attached hydrogen (secondary N) is 1. The maximum Gasteiger partial charge on any atom is 0.118 e. The molecule has 2 aromatic rings. The highest BCUT2D eigenvalue weighted by molar-refractivity contribution is 5.88. The molecule has 4 heteroatoms. The first kappa shape index (κ1) is 14.4. The summed E-state index contributed by atoms with van der Waals surface area (Å²) in [4.78, 5) is 6.85. The monoisotopic (exact) mass is 295 g/mol. The van der Waals surface area contributed by atoms with E-state index in [-0.39, 0.29) is 0 Å². The smallest absolute Gasteiger partial charge is 0.118 e. The van der Waals surface area contributed by atoms with Crippen LogP contribution in [0, 0.1) is 0 Å². The van der Waals surface area contributed by atoms with E-state index < -0.39 is 0 Å². The fraction of sp³-hybridized carbons (Fsp3) is 0.278. The normalized spacial score (nSPS) is 13.4. The molecule has 0 radical (unpaired) electrons. The lowest BCUT2D eigenvalue weighted by atomic mass is 10.2. The lowest BCUT2D eigenvalue weighted by Crippen LogP contribution is -2.34. The average Bonchev–Trinajstić information content (AvgIpc) is 3.09. The molecule has 0 bridgehead atoms. The number of ether oxygens (including phenoxy) is 1. The van der Waals surface area contributed by atoms with Gasteiger partial charge in [0.05, 0.1) is 20.2 Å². The van der Waals surface area contributed by atoms with Crippen molar-refractivity contribution in [3.05, 3.63) is 60.2 Å². The van der Waals surface area contributed by atoms with Crippen LogP contribution in [0.5, 0.6) is 5.75 Å². The number of hydrogen-bond donors (Lipinski definition) is 1. The first-order chi connectivity index (χ1) is 10.8. The highest BCUT2D eigenvalue weighted by Gasteiger charge is 2.13. The molecule has 1 aliphatic rings. The summed E-state index contributed by atoms with van der Waals surface area (Å²) in [6.45, 7) is 3.46. The largest absolute Gasteiger partial charge is 0.497 e. The van der Waals surface area contributed by atoms with Gasteiger partial charge in [0.25, 0.3) is 0 Å². The predicted octanol–water partition coefficient (Wildman–Crippen LogP) is 2.70. The van der Waals surface area contributed by atoms with E-state index in [1.807, 2.05) is 18.2 Å². The van der Waals surface area contributed by atoms with Crippen LogP contribution in [0.2, 0.25) is 0 Å². The van der Waals surface area contributed by atoms with E-state index in [0.717, 1.165) is 37.8 Å². The molecule has 0 fully saturated rings. The standard InChI is InChI=1S/C18H21N3O/c1-22-17-9-7-15(8-10-17)13-21(14-18-19-11-12-20-18)16-5-3-2-4-6-16/h2-10H,11-14H2,1H3,(H,19,20). The second-order valence-electron chi connectivity index (χ2n) is 5.29. The Bertz CT molecular complexity index is 623. The highest BCUT2D eigenvalue weighted by Crippen LogP contribution is 2.18. The molecular formula is C18H21N3O. The van der Waals surface area contributed by atoms with Gasteiger partial charge in [-0.05, 0) is 29.8 Å². The van der Waals surface area contributed by atoms with E-state index in [9.17, 15) is 0 Å². The molecule has 0 aromatic heterocycles. The van der Waals surface area contributed by atoms with Crippen LogP contribution in [0.25, 0.3) is 0 Å². The van der Waals surface area contributed by atoms with Crippen molar-refractivity contribution in [1.29, 1.82) is 0 Å². The van der Waals surface area contributed by atoms with Crippen molar-refractivity contribution in [2.24, 2.45) is 4.99 Å². The molecule has 22 heavy (non-hydrogen) atoms. The van der Waals surface area contributed by atoms with E-state index in [1.165, 1.54) is 11.3 Å². The number of methoxy groups -OCH3 is 1. The highest BCUT2D eigenvalue weighted by atomic mass is 16.5. The van der Waals surface area contributed by atoms with Crippen molar-refractivity contribution in [3.63, 3.8) is 0 Å². The van der Waals surface area contributed by atoms with Crippen molar-refractivity contribution in [3.8, 4) is 5.75 Å². The maximum absolute atomic E-state index is 5.22. The first-order valence-electron chi connectivity index (χ1n) is 7.55. The van der Waals surface area contributed by atoms with Gasteiger partial charge < -0.3 is 15.0 Å². The number of para-hydroxylation sites is 1. The van der Waals surface area contributed by atoms with Crippen molar-refractivity contribution in [2.45, 2.75) is 6.54 Å². The summed E-state index contributed by atoms with van der Waals surface area (Å²) in [5.74, 6) is 1.95. The zero-order valence-electron chi connectivity index (χ0n) is 12.8. The molecule has 0 spiro atoms. The van der Waals surface area contributed by atoms with E-state index in [1.54, 1.807) is 7.11 Å². The van der Waals surface area contributed by atoms with Crippen LogP contribution in [0.3, 0.4) is 0 Å². The van der Waals surface area contributed by atoms with Crippen LogP contribution in [0.4, 0.5) is 5.69 Å². The zero-order chi connectivity index (χ0) is 15.2. The van der Waals surface area contributed by atoms with Gasteiger partial charge in [0, 0.05) is 18.8 Å². The van der Waals surface area contributed by atoms with Crippen LogP contribution in [0.15, 0.2) is 59.6 Å². The zero-order valence-corrected chi connectivity index (χ0v) is 12.8. The van der Waals surface area contributed by atoms with Gasteiger partial charge >= 0.3 is 0 Å². The average molecular weight is 295 g/mol. The summed E-state index contributed by atoms with van der Waals surface area (Å²) < 4.78 is 5.22. The van der Waals surface area contributed by atoms with Crippen LogP contribution < -0.4 is 15.0 Å². The maximum atomic E-state index is 5.22. The molecule has 4 nitrogen and oxygen atoms in total. The molecule has 2 aromatic carbocycles. The van der Waals surface area contributed by atoms with Gasteiger partial charge in [-0.15, -0.1) is 0 Å². The Labute approximate surface area is 131 Å². The minimum Gasteiger partial charge on any atom is -0.497 e. The first-order valence-corrected chi connectivity index (χ1v) is 7.55. The fourth-order valence-electron chi connectivity index (χ4n) is 2.56. The fourth-order valence-corrected chi connectivity index (χ4v) is 2.56. The molecule has 1 aliphatic heterocycles. The summed E-state index contributed by atoms with van der Waals surface area (Å²) in [6, 6.07) is 18.7. The lowest BCUT2D eigenvalue weighted by Gasteiger charge is -2.25. The Morgan fingerprint density at radius 3 is 2.45 bits per heavy atom. The molecule has 1 N–H and O–H groups in total. The number of rotatable bonds is 6. The van der Waals surface area contributed by atoms with Crippen molar-refractivity contribution < 1.29 is 4.74 Å². The van der Waals surface area contributed by atoms with Crippen LogP contribution in [-0.2, 0) is 6.54 Å². The molecule has 1 heterocycles. The van der Waals surface area contributed by atoms with Gasteiger partial charge in [-0.3, -0.25) is 4.99 Å². The number of nitrogens with zero attached hydrogens (tertiary/aromatic N) is 2. The second kappa shape index (κ2) is 6.98. The molecule has 114 valence electrons. The Morgan fingerprint density at radius 2 is 1.82 bits per heavy atom. The molecule has 3 rings (SSSR count). The van der Waals surface area contributed by atoms with Crippen molar-refractivity contribution in [1.82, 2.24) is 5.32 Å². The summed E-state index contributed by atoms with van der Waals surface area (Å²) in [5, 5.41) is 3.35. The van der Waals surface area contributed by atoms with E-state index >= 15 is 0 Å². The Morgan fingerprint density at radius 1 is 1.05 bits per heavy atom. The second-order valence-corrected chi connectivity index (χ2v) is 5.29. The number of aliphatic imine (C=N–C) groups is 1. The third kappa shape index (κ3) is 3.58.